The van der Waals surface area contributed by atoms with Gasteiger partial charge in [0.1, 0.15) is 6.29 Å². The van der Waals surface area contributed by atoms with Gasteiger partial charge in [-0.15, -0.1) is 0 Å². The largest absolute Gasteiger partial charge is 0.392 e. The maximum absolute atomic E-state index is 11.8. The van der Waals surface area contributed by atoms with Crippen LogP contribution in [0, 0.1) is 28.6 Å². The van der Waals surface area contributed by atoms with Crippen LogP contribution < -0.4 is 0 Å². The van der Waals surface area contributed by atoms with E-state index >= 15 is 0 Å². The normalized spacial score (nSPS) is 54.0. The number of aliphatic hydroxyl groups is 2. The third kappa shape index (κ3) is 1.78. The van der Waals surface area contributed by atoms with E-state index in [4.69, 9.17) is 0 Å². The zero-order chi connectivity index (χ0) is 15.5. The highest BCUT2D eigenvalue weighted by molar-refractivity contribution is 5.62. The van der Waals surface area contributed by atoms with Crippen molar-refractivity contribution >= 4 is 6.29 Å². The van der Waals surface area contributed by atoms with Crippen LogP contribution in [0.2, 0.25) is 0 Å². The molecule has 0 bridgehead atoms. The van der Waals surface area contributed by atoms with Gasteiger partial charge in [-0.05, 0) is 74.5 Å². The van der Waals surface area contributed by atoms with Crippen molar-refractivity contribution in [2.75, 3.05) is 0 Å². The van der Waals surface area contributed by atoms with E-state index in [1.54, 1.807) is 0 Å². The topological polar surface area (TPSA) is 57.5 Å². The SMILES string of the molecule is C[C@]12CC[C@H](O)C=C1CC[C@H]1[C@@H]3CC[C@H](O)[C@@]3(C=O)CC[C@@H]12. The van der Waals surface area contributed by atoms with E-state index in [1.807, 2.05) is 0 Å². The van der Waals surface area contributed by atoms with Gasteiger partial charge < -0.3 is 15.0 Å². The molecule has 7 atom stereocenters. The molecule has 0 aromatic rings. The fraction of sp³-hybridized carbons (Fsp3) is 0.842. The Balaban J connectivity index is 1.69. The number of aldehydes is 1. The smallest absolute Gasteiger partial charge is 0.129 e. The average Bonchev–Trinajstić information content (AvgIpc) is 2.86. The second-order valence-electron chi connectivity index (χ2n) is 8.49. The van der Waals surface area contributed by atoms with Crippen LogP contribution in [0.15, 0.2) is 11.6 Å². The number of rotatable bonds is 1. The van der Waals surface area contributed by atoms with Crippen LogP contribution in [0.4, 0.5) is 0 Å². The number of carbonyl (C=O) groups excluding carboxylic acids is 1. The molecule has 0 radical (unpaired) electrons. The predicted molar refractivity (Wildman–Crippen MR) is 84.1 cm³/mol. The molecule has 4 aliphatic rings. The van der Waals surface area contributed by atoms with Crippen LogP contribution in [-0.2, 0) is 4.79 Å². The Kier molecular flexibility index (Phi) is 3.32. The summed E-state index contributed by atoms with van der Waals surface area (Å²) >= 11 is 0. The Morgan fingerprint density at radius 2 is 1.91 bits per heavy atom. The summed E-state index contributed by atoms with van der Waals surface area (Å²) in [6.07, 6.45) is 10.4. The molecule has 2 N–H and O–H groups in total. The Bertz CT molecular complexity index is 513. The van der Waals surface area contributed by atoms with Crippen molar-refractivity contribution in [1.82, 2.24) is 0 Å². The van der Waals surface area contributed by atoms with Gasteiger partial charge in [0.25, 0.3) is 0 Å². The maximum atomic E-state index is 11.8. The second kappa shape index (κ2) is 4.91. The third-order valence-electron chi connectivity index (χ3n) is 7.86. The van der Waals surface area contributed by atoms with E-state index in [2.05, 4.69) is 13.0 Å². The molecule has 3 nitrogen and oxygen atoms in total. The van der Waals surface area contributed by atoms with E-state index in [9.17, 15) is 15.0 Å². The fourth-order valence-electron chi connectivity index (χ4n) is 6.63. The molecule has 4 aliphatic carbocycles. The van der Waals surface area contributed by atoms with Crippen LogP contribution in [0.5, 0.6) is 0 Å². The van der Waals surface area contributed by atoms with Gasteiger partial charge in [0.05, 0.1) is 17.6 Å². The van der Waals surface area contributed by atoms with Gasteiger partial charge in [-0.1, -0.05) is 18.6 Å². The molecule has 0 saturated heterocycles. The van der Waals surface area contributed by atoms with Crippen molar-refractivity contribution < 1.29 is 15.0 Å². The molecule has 3 fully saturated rings. The summed E-state index contributed by atoms with van der Waals surface area (Å²) in [5.74, 6) is 1.58. The van der Waals surface area contributed by atoms with Gasteiger partial charge in [0, 0.05) is 0 Å². The van der Waals surface area contributed by atoms with Gasteiger partial charge in [-0.2, -0.15) is 0 Å². The minimum atomic E-state index is -0.451. The number of fused-ring (bicyclic) bond motifs is 5. The molecular weight excluding hydrogens is 276 g/mol. The average molecular weight is 304 g/mol. The van der Waals surface area contributed by atoms with E-state index in [0.29, 0.717) is 17.8 Å². The molecule has 4 rings (SSSR count). The molecular formula is C19H28O3. The van der Waals surface area contributed by atoms with Crippen LogP contribution in [0.25, 0.3) is 0 Å². The quantitative estimate of drug-likeness (QED) is 0.578. The first kappa shape index (κ1) is 14.9. The zero-order valence-corrected chi connectivity index (χ0v) is 13.5. The number of allylic oxidation sites excluding steroid dienone is 1. The Morgan fingerprint density at radius 3 is 2.68 bits per heavy atom. The van der Waals surface area contributed by atoms with E-state index < -0.39 is 11.5 Å². The molecule has 0 heterocycles. The first-order chi connectivity index (χ1) is 10.5. The molecule has 3 heteroatoms. The van der Waals surface area contributed by atoms with E-state index in [1.165, 1.54) is 5.57 Å². The van der Waals surface area contributed by atoms with Crippen molar-refractivity contribution in [3.05, 3.63) is 11.6 Å². The summed E-state index contributed by atoms with van der Waals surface area (Å²) in [6, 6.07) is 0. The van der Waals surface area contributed by atoms with E-state index in [-0.39, 0.29) is 11.5 Å². The number of carbonyl (C=O) groups is 1. The van der Waals surface area contributed by atoms with Crippen molar-refractivity contribution in [3.63, 3.8) is 0 Å². The van der Waals surface area contributed by atoms with Gasteiger partial charge in [0.15, 0.2) is 0 Å². The van der Waals surface area contributed by atoms with Crippen LogP contribution in [0.1, 0.15) is 58.3 Å². The zero-order valence-electron chi connectivity index (χ0n) is 13.5. The minimum Gasteiger partial charge on any atom is -0.392 e. The molecule has 0 spiro atoms. The second-order valence-corrected chi connectivity index (χ2v) is 8.49. The Hall–Kier alpha value is -0.670. The van der Waals surface area contributed by atoms with Crippen molar-refractivity contribution in [3.8, 4) is 0 Å². The van der Waals surface area contributed by atoms with Crippen LogP contribution in [-0.4, -0.2) is 28.7 Å². The molecule has 0 amide bonds. The molecule has 0 aliphatic heterocycles. The van der Waals surface area contributed by atoms with Crippen LogP contribution >= 0.6 is 0 Å². The molecule has 0 unspecified atom stereocenters. The lowest BCUT2D eigenvalue weighted by atomic mass is 9.47. The lowest BCUT2D eigenvalue weighted by Gasteiger charge is -2.57. The summed E-state index contributed by atoms with van der Waals surface area (Å²) < 4.78 is 0. The van der Waals surface area contributed by atoms with Crippen molar-refractivity contribution in [2.24, 2.45) is 28.6 Å². The lowest BCUT2D eigenvalue weighted by Crippen LogP contribution is -2.53. The van der Waals surface area contributed by atoms with Crippen molar-refractivity contribution in [2.45, 2.75) is 70.5 Å². The highest BCUT2D eigenvalue weighted by Crippen LogP contribution is 2.64. The highest BCUT2D eigenvalue weighted by atomic mass is 16.3. The standard InChI is InChI=1S/C19H28O3/c1-18-8-6-13(21)10-12(18)2-3-14-15(18)7-9-19(11-20)16(14)4-5-17(19)22/h10-11,13-17,21-22H,2-9H2,1H3/t13-,14+,15-,16-,17-,18-,19+/m0/s1. The monoisotopic (exact) mass is 304 g/mol. The third-order valence-corrected chi connectivity index (χ3v) is 7.86. The lowest BCUT2D eigenvalue weighted by molar-refractivity contribution is -0.136. The maximum Gasteiger partial charge on any atom is 0.129 e. The van der Waals surface area contributed by atoms with Gasteiger partial charge >= 0.3 is 0 Å². The Morgan fingerprint density at radius 1 is 1.09 bits per heavy atom. The summed E-state index contributed by atoms with van der Waals surface area (Å²) in [6.45, 7) is 2.39. The fourth-order valence-corrected chi connectivity index (χ4v) is 6.63. The summed E-state index contributed by atoms with van der Waals surface area (Å²) in [4.78, 5) is 11.8. The summed E-state index contributed by atoms with van der Waals surface area (Å²) in [7, 11) is 0. The molecule has 0 aromatic carbocycles. The first-order valence-corrected chi connectivity index (χ1v) is 9.05. The molecule has 0 aromatic heterocycles. The van der Waals surface area contributed by atoms with Crippen LogP contribution in [0.3, 0.4) is 0 Å². The van der Waals surface area contributed by atoms with Gasteiger partial charge in [-0.25, -0.2) is 0 Å². The highest BCUT2D eigenvalue weighted by Gasteiger charge is 2.60. The molecule has 3 saturated carbocycles. The predicted octanol–water partition coefficient (Wildman–Crippen LogP) is 2.85. The summed E-state index contributed by atoms with van der Waals surface area (Å²) in [5, 5.41) is 20.4. The number of aliphatic hydroxyl groups excluding tert-OH is 2. The number of hydrogen-bond donors (Lipinski definition) is 2. The molecule has 22 heavy (non-hydrogen) atoms. The Labute approximate surface area is 132 Å². The van der Waals surface area contributed by atoms with Gasteiger partial charge in [-0.3, -0.25) is 0 Å². The van der Waals surface area contributed by atoms with E-state index in [0.717, 1.165) is 57.7 Å². The minimum absolute atomic E-state index is 0.213. The summed E-state index contributed by atoms with van der Waals surface area (Å²) in [5.41, 5.74) is 1.22. The van der Waals surface area contributed by atoms with Gasteiger partial charge in [0.2, 0.25) is 0 Å². The molecule has 122 valence electrons. The first-order valence-electron chi connectivity index (χ1n) is 9.05. The number of hydrogen-bond acceptors (Lipinski definition) is 3. The van der Waals surface area contributed by atoms with Crippen molar-refractivity contribution in [1.29, 1.82) is 0 Å².